The SMILES string of the molecule is Cc1cc(F)c(-n2nnc3cc(C(=O)O)ccc32)cc1F. The Morgan fingerprint density at radius 3 is 2.67 bits per heavy atom. The van der Waals surface area contributed by atoms with Crippen LogP contribution < -0.4 is 0 Å². The van der Waals surface area contributed by atoms with E-state index in [1.165, 1.54) is 25.1 Å². The van der Waals surface area contributed by atoms with Crippen LogP contribution in [0.3, 0.4) is 0 Å². The predicted octanol–water partition coefficient (Wildman–Crippen LogP) is 2.71. The molecule has 1 heterocycles. The number of carbonyl (C=O) groups is 1. The molecule has 0 aliphatic rings. The number of hydrogen-bond acceptors (Lipinski definition) is 3. The van der Waals surface area contributed by atoms with Gasteiger partial charge in [-0.2, -0.15) is 0 Å². The van der Waals surface area contributed by atoms with Crippen molar-refractivity contribution in [3.63, 3.8) is 0 Å². The van der Waals surface area contributed by atoms with Crippen LogP contribution in [0.5, 0.6) is 0 Å². The number of hydrogen-bond donors (Lipinski definition) is 1. The monoisotopic (exact) mass is 289 g/mol. The van der Waals surface area contributed by atoms with Crippen LogP contribution in [0.4, 0.5) is 8.78 Å². The topological polar surface area (TPSA) is 68.0 Å². The highest BCUT2D eigenvalue weighted by Crippen LogP contribution is 2.22. The number of carboxylic acid groups (broad SMARTS) is 1. The first-order chi connectivity index (χ1) is 9.97. The number of nitrogens with zero attached hydrogens (tertiary/aromatic N) is 3. The second-order valence-electron chi connectivity index (χ2n) is 4.56. The minimum atomic E-state index is -1.10. The fourth-order valence-corrected chi connectivity index (χ4v) is 2.03. The highest BCUT2D eigenvalue weighted by atomic mass is 19.1. The van der Waals surface area contributed by atoms with E-state index in [-0.39, 0.29) is 22.3 Å². The highest BCUT2D eigenvalue weighted by molar-refractivity contribution is 5.92. The van der Waals surface area contributed by atoms with Crippen LogP contribution in [0.25, 0.3) is 16.7 Å². The quantitative estimate of drug-likeness (QED) is 0.787. The van der Waals surface area contributed by atoms with Gasteiger partial charge in [0.15, 0.2) is 0 Å². The van der Waals surface area contributed by atoms with E-state index < -0.39 is 17.6 Å². The Balaban J connectivity index is 2.22. The summed E-state index contributed by atoms with van der Waals surface area (Å²) in [4.78, 5) is 10.9. The smallest absolute Gasteiger partial charge is 0.335 e. The van der Waals surface area contributed by atoms with E-state index in [0.29, 0.717) is 5.52 Å². The summed E-state index contributed by atoms with van der Waals surface area (Å²) >= 11 is 0. The van der Waals surface area contributed by atoms with Gasteiger partial charge < -0.3 is 5.11 Å². The zero-order chi connectivity index (χ0) is 15.1. The van der Waals surface area contributed by atoms with Crippen molar-refractivity contribution in [3.05, 3.63) is 53.1 Å². The molecule has 0 unspecified atom stereocenters. The molecule has 3 aromatic rings. The summed E-state index contributed by atoms with van der Waals surface area (Å²) in [6, 6.07) is 6.24. The minimum Gasteiger partial charge on any atom is -0.478 e. The fourth-order valence-electron chi connectivity index (χ4n) is 2.03. The summed E-state index contributed by atoms with van der Waals surface area (Å²) in [5, 5.41) is 16.5. The van der Waals surface area contributed by atoms with Gasteiger partial charge >= 0.3 is 5.97 Å². The van der Waals surface area contributed by atoms with Gasteiger partial charge in [-0.3, -0.25) is 0 Å². The first kappa shape index (κ1) is 13.2. The number of aryl methyl sites for hydroxylation is 1. The second-order valence-corrected chi connectivity index (χ2v) is 4.56. The lowest BCUT2D eigenvalue weighted by molar-refractivity contribution is 0.0697. The Morgan fingerprint density at radius 1 is 1.19 bits per heavy atom. The lowest BCUT2D eigenvalue weighted by Gasteiger charge is -2.06. The molecule has 0 bridgehead atoms. The predicted molar refractivity (Wildman–Crippen MR) is 70.5 cm³/mol. The first-order valence-corrected chi connectivity index (χ1v) is 6.02. The Morgan fingerprint density at radius 2 is 1.95 bits per heavy atom. The van der Waals surface area contributed by atoms with Crippen molar-refractivity contribution in [2.24, 2.45) is 0 Å². The molecule has 106 valence electrons. The average Bonchev–Trinajstić information content (AvgIpc) is 2.85. The average molecular weight is 289 g/mol. The molecule has 1 N–H and O–H groups in total. The van der Waals surface area contributed by atoms with Gasteiger partial charge in [-0.25, -0.2) is 18.3 Å². The van der Waals surface area contributed by atoms with Crippen molar-refractivity contribution in [3.8, 4) is 5.69 Å². The molecular weight excluding hydrogens is 280 g/mol. The van der Waals surface area contributed by atoms with Crippen LogP contribution in [-0.4, -0.2) is 26.1 Å². The Hall–Kier alpha value is -2.83. The molecule has 0 amide bonds. The second kappa shape index (κ2) is 4.62. The fraction of sp³-hybridized carbons (Fsp3) is 0.0714. The lowest BCUT2D eigenvalue weighted by atomic mass is 10.2. The third kappa shape index (κ3) is 2.12. The van der Waals surface area contributed by atoms with Crippen molar-refractivity contribution < 1.29 is 18.7 Å². The molecule has 0 fully saturated rings. The third-order valence-electron chi connectivity index (χ3n) is 3.15. The van der Waals surface area contributed by atoms with Crippen molar-refractivity contribution in [2.45, 2.75) is 6.92 Å². The molecule has 7 heteroatoms. The third-order valence-corrected chi connectivity index (χ3v) is 3.15. The number of aromatic carboxylic acids is 1. The molecule has 5 nitrogen and oxygen atoms in total. The van der Waals surface area contributed by atoms with Crippen LogP contribution in [0.2, 0.25) is 0 Å². The van der Waals surface area contributed by atoms with Gasteiger partial charge in [0.2, 0.25) is 0 Å². The van der Waals surface area contributed by atoms with Crippen molar-refractivity contribution in [1.29, 1.82) is 0 Å². The summed E-state index contributed by atoms with van der Waals surface area (Å²) in [6.07, 6.45) is 0. The van der Waals surface area contributed by atoms with E-state index in [4.69, 9.17) is 5.11 Å². The molecule has 0 radical (unpaired) electrons. The summed E-state index contributed by atoms with van der Waals surface area (Å²) in [5.41, 5.74) is 0.833. The zero-order valence-corrected chi connectivity index (χ0v) is 10.8. The lowest BCUT2D eigenvalue weighted by Crippen LogP contribution is -2.02. The summed E-state index contributed by atoms with van der Waals surface area (Å²) < 4.78 is 28.7. The van der Waals surface area contributed by atoms with Crippen LogP contribution in [0.15, 0.2) is 30.3 Å². The van der Waals surface area contributed by atoms with Gasteiger partial charge in [0, 0.05) is 6.07 Å². The van der Waals surface area contributed by atoms with Crippen molar-refractivity contribution >= 4 is 17.0 Å². The molecule has 0 saturated carbocycles. The first-order valence-electron chi connectivity index (χ1n) is 6.02. The summed E-state index contributed by atoms with van der Waals surface area (Å²) in [7, 11) is 0. The van der Waals surface area contributed by atoms with E-state index >= 15 is 0 Å². The molecule has 0 atom stereocenters. The summed E-state index contributed by atoms with van der Waals surface area (Å²) in [6.45, 7) is 1.46. The molecule has 2 aromatic carbocycles. The van der Waals surface area contributed by atoms with E-state index in [2.05, 4.69) is 10.3 Å². The largest absolute Gasteiger partial charge is 0.478 e. The molecule has 0 saturated heterocycles. The minimum absolute atomic E-state index is 0.0464. The number of halogens is 2. The van der Waals surface area contributed by atoms with E-state index in [1.54, 1.807) is 0 Å². The highest BCUT2D eigenvalue weighted by Gasteiger charge is 2.15. The zero-order valence-electron chi connectivity index (χ0n) is 10.8. The van der Waals surface area contributed by atoms with Gasteiger partial charge in [0.05, 0.1) is 11.1 Å². The number of aromatic nitrogens is 3. The molecule has 21 heavy (non-hydrogen) atoms. The number of carboxylic acids is 1. The van der Waals surface area contributed by atoms with Crippen LogP contribution in [0, 0.1) is 18.6 Å². The van der Waals surface area contributed by atoms with E-state index in [1.807, 2.05) is 0 Å². The van der Waals surface area contributed by atoms with Gasteiger partial charge in [-0.05, 0) is 36.8 Å². The Kier molecular flexibility index (Phi) is 2.90. The van der Waals surface area contributed by atoms with Crippen LogP contribution in [0.1, 0.15) is 15.9 Å². The molecule has 0 spiro atoms. The van der Waals surface area contributed by atoms with Crippen LogP contribution in [-0.2, 0) is 0 Å². The van der Waals surface area contributed by atoms with Gasteiger partial charge in [-0.15, -0.1) is 5.10 Å². The van der Waals surface area contributed by atoms with Gasteiger partial charge in [-0.1, -0.05) is 5.21 Å². The van der Waals surface area contributed by atoms with Gasteiger partial charge in [0.1, 0.15) is 22.8 Å². The normalized spacial score (nSPS) is 11.0. The number of fused-ring (bicyclic) bond motifs is 1. The van der Waals surface area contributed by atoms with E-state index in [0.717, 1.165) is 16.8 Å². The molecule has 0 aliphatic heterocycles. The van der Waals surface area contributed by atoms with Gasteiger partial charge in [0.25, 0.3) is 0 Å². The molecule has 0 aliphatic carbocycles. The maximum Gasteiger partial charge on any atom is 0.335 e. The molecule has 1 aromatic heterocycles. The summed E-state index contributed by atoms with van der Waals surface area (Å²) in [5.74, 6) is -2.29. The maximum absolute atomic E-state index is 14.0. The van der Waals surface area contributed by atoms with Crippen molar-refractivity contribution in [1.82, 2.24) is 15.0 Å². The molecular formula is C14H9F2N3O2. The Bertz CT molecular complexity index is 874. The Labute approximate surface area is 117 Å². The van der Waals surface area contributed by atoms with Crippen molar-refractivity contribution in [2.75, 3.05) is 0 Å². The van der Waals surface area contributed by atoms with Crippen LogP contribution >= 0.6 is 0 Å². The molecule has 3 rings (SSSR count). The number of rotatable bonds is 2. The maximum atomic E-state index is 14.0. The van der Waals surface area contributed by atoms with E-state index in [9.17, 15) is 13.6 Å². The standard InChI is InChI=1S/C14H9F2N3O2/c1-7-4-10(16)13(6-9(7)15)19-12-3-2-8(14(20)21)5-11(12)17-18-19/h2-6H,1H3,(H,20,21). The number of benzene rings is 2.